The van der Waals surface area contributed by atoms with Gasteiger partial charge in [-0.25, -0.2) is 4.57 Å². The van der Waals surface area contributed by atoms with E-state index in [-0.39, 0.29) is 19.4 Å². The third-order valence-corrected chi connectivity index (χ3v) is 8.07. The predicted molar refractivity (Wildman–Crippen MR) is 216 cm³/mol. The standard InChI is InChI=1S/C43H69O8P/c1-3-5-7-9-11-13-15-17-19-20-21-22-24-26-28-30-32-34-36-38-43(45)51-41(40-50-52(46,47)48)39-49-42(44)37-35-33-31-29-27-25-23-18-16-14-12-10-8-6-4-2/h5,7,11-14,17-19,21-23,26-29,41H,3-4,6,8-10,15-16,20,24-25,30-40H2,1-2H3,(H2,46,47,48)/b7-5-,13-11-,14-12-,19-17-,22-21-,23-18-,28-26-,29-27-/t41-/m1/s1. The Balaban J connectivity index is 4.12. The molecule has 0 saturated heterocycles. The number of esters is 2. The molecule has 8 nitrogen and oxygen atoms in total. The second-order valence-corrected chi connectivity index (χ2v) is 13.8. The van der Waals surface area contributed by atoms with Crippen molar-refractivity contribution in [1.29, 1.82) is 0 Å². The fourth-order valence-electron chi connectivity index (χ4n) is 4.70. The van der Waals surface area contributed by atoms with Crippen LogP contribution in [0, 0.1) is 0 Å². The number of carbonyl (C=O) groups is 2. The zero-order valence-corrected chi connectivity index (χ0v) is 33.1. The number of unbranched alkanes of at least 4 members (excludes halogenated alkanes) is 8. The highest BCUT2D eigenvalue weighted by molar-refractivity contribution is 7.46. The molecule has 0 heterocycles. The highest BCUT2D eigenvalue weighted by Gasteiger charge is 2.22. The molecule has 0 fully saturated rings. The van der Waals surface area contributed by atoms with Gasteiger partial charge in [0.25, 0.3) is 0 Å². The first-order valence-corrected chi connectivity index (χ1v) is 21.1. The number of hydrogen-bond donors (Lipinski definition) is 2. The molecule has 0 aromatic carbocycles. The summed E-state index contributed by atoms with van der Waals surface area (Å²) in [5, 5.41) is 0. The van der Waals surface area contributed by atoms with Crippen LogP contribution in [-0.4, -0.2) is 41.0 Å². The van der Waals surface area contributed by atoms with Gasteiger partial charge in [-0.05, 0) is 96.3 Å². The second kappa shape index (κ2) is 37.7. The van der Waals surface area contributed by atoms with Gasteiger partial charge in [-0.2, -0.15) is 0 Å². The zero-order chi connectivity index (χ0) is 38.2. The molecule has 0 aliphatic rings. The van der Waals surface area contributed by atoms with E-state index in [1.54, 1.807) is 0 Å². The smallest absolute Gasteiger partial charge is 0.462 e. The number of hydrogen-bond acceptors (Lipinski definition) is 6. The summed E-state index contributed by atoms with van der Waals surface area (Å²) in [6, 6.07) is 0. The minimum Gasteiger partial charge on any atom is -0.462 e. The first kappa shape index (κ1) is 49.0. The summed E-state index contributed by atoms with van der Waals surface area (Å²) < 4.78 is 26.3. The van der Waals surface area contributed by atoms with Crippen molar-refractivity contribution in [1.82, 2.24) is 0 Å². The van der Waals surface area contributed by atoms with E-state index >= 15 is 0 Å². The fraction of sp³-hybridized carbons (Fsp3) is 0.581. The Labute approximate surface area is 315 Å². The van der Waals surface area contributed by atoms with Gasteiger partial charge in [0.1, 0.15) is 6.61 Å². The van der Waals surface area contributed by atoms with E-state index in [0.29, 0.717) is 12.8 Å². The molecule has 0 aliphatic heterocycles. The van der Waals surface area contributed by atoms with Crippen LogP contribution < -0.4 is 0 Å². The molecule has 0 rings (SSSR count). The van der Waals surface area contributed by atoms with Gasteiger partial charge in [0.15, 0.2) is 6.10 Å². The molecule has 0 amide bonds. The van der Waals surface area contributed by atoms with Gasteiger partial charge in [-0.1, -0.05) is 130 Å². The van der Waals surface area contributed by atoms with E-state index in [9.17, 15) is 14.2 Å². The van der Waals surface area contributed by atoms with Crippen molar-refractivity contribution in [3.8, 4) is 0 Å². The van der Waals surface area contributed by atoms with Gasteiger partial charge in [0.05, 0.1) is 6.61 Å². The Bertz CT molecular complexity index is 1160. The summed E-state index contributed by atoms with van der Waals surface area (Å²) in [6.07, 6.45) is 51.3. The Hall–Kier alpha value is -3.03. The molecule has 9 heteroatoms. The lowest BCUT2D eigenvalue weighted by Gasteiger charge is -2.18. The molecular formula is C43H69O8P. The van der Waals surface area contributed by atoms with Gasteiger partial charge in [-0.3, -0.25) is 14.1 Å². The molecule has 0 aromatic rings. The van der Waals surface area contributed by atoms with Crippen molar-refractivity contribution in [2.45, 2.75) is 148 Å². The molecule has 0 radical (unpaired) electrons. The van der Waals surface area contributed by atoms with Crippen molar-refractivity contribution in [2.24, 2.45) is 0 Å². The molecule has 0 aromatic heterocycles. The van der Waals surface area contributed by atoms with Crippen LogP contribution in [0.1, 0.15) is 142 Å². The number of phosphoric ester groups is 1. The van der Waals surface area contributed by atoms with E-state index in [1.807, 2.05) is 0 Å². The summed E-state index contributed by atoms with van der Waals surface area (Å²) in [4.78, 5) is 42.7. The second-order valence-electron chi connectivity index (χ2n) is 12.5. The van der Waals surface area contributed by atoms with Crippen molar-refractivity contribution in [3.63, 3.8) is 0 Å². The van der Waals surface area contributed by atoms with Gasteiger partial charge >= 0.3 is 19.8 Å². The van der Waals surface area contributed by atoms with Gasteiger partial charge in [-0.15, -0.1) is 0 Å². The monoisotopic (exact) mass is 744 g/mol. The number of ether oxygens (including phenoxy) is 2. The molecule has 2 N–H and O–H groups in total. The van der Waals surface area contributed by atoms with Crippen LogP contribution in [0.15, 0.2) is 97.2 Å². The molecule has 0 saturated carbocycles. The predicted octanol–water partition coefficient (Wildman–Crippen LogP) is 11.8. The largest absolute Gasteiger partial charge is 0.469 e. The number of allylic oxidation sites excluding steroid dienone is 16. The van der Waals surface area contributed by atoms with Gasteiger partial charge < -0.3 is 19.3 Å². The third-order valence-electron chi connectivity index (χ3n) is 7.59. The topological polar surface area (TPSA) is 119 Å². The Morgan fingerprint density at radius 2 is 0.923 bits per heavy atom. The average molecular weight is 745 g/mol. The van der Waals surface area contributed by atoms with E-state index < -0.39 is 32.5 Å². The van der Waals surface area contributed by atoms with Crippen molar-refractivity contribution >= 4 is 19.8 Å². The minimum absolute atomic E-state index is 0.158. The number of phosphoric acid groups is 1. The molecule has 294 valence electrons. The van der Waals surface area contributed by atoms with Crippen LogP contribution >= 0.6 is 7.82 Å². The third kappa shape index (κ3) is 39.8. The van der Waals surface area contributed by atoms with Crippen molar-refractivity contribution < 1.29 is 37.9 Å². The SMILES string of the molecule is CC/C=C\C/C=C\C/C=C\C/C=C\C/C=C\CCCCCC(=O)O[C@H](COC(=O)CCCC/C=C\C/C=C\C/C=C\CCCCC)COP(=O)(O)O. The molecule has 0 aliphatic carbocycles. The maximum atomic E-state index is 12.4. The van der Waals surface area contributed by atoms with E-state index in [2.05, 4.69) is 116 Å². The maximum Gasteiger partial charge on any atom is 0.469 e. The summed E-state index contributed by atoms with van der Waals surface area (Å²) in [5.74, 6) is -0.979. The minimum atomic E-state index is -4.78. The van der Waals surface area contributed by atoms with Gasteiger partial charge in [0, 0.05) is 12.8 Å². The van der Waals surface area contributed by atoms with E-state index in [1.165, 1.54) is 19.3 Å². The fourth-order valence-corrected chi connectivity index (χ4v) is 5.06. The van der Waals surface area contributed by atoms with E-state index in [4.69, 9.17) is 19.3 Å². The lowest BCUT2D eigenvalue weighted by Crippen LogP contribution is -2.29. The zero-order valence-electron chi connectivity index (χ0n) is 32.2. The van der Waals surface area contributed by atoms with Crippen LogP contribution in [0.4, 0.5) is 0 Å². The molecule has 0 unspecified atom stereocenters. The highest BCUT2D eigenvalue weighted by Crippen LogP contribution is 2.35. The Morgan fingerprint density at radius 1 is 0.519 bits per heavy atom. The summed E-state index contributed by atoms with van der Waals surface area (Å²) in [6.45, 7) is 3.46. The van der Waals surface area contributed by atoms with Crippen molar-refractivity contribution in [3.05, 3.63) is 97.2 Å². The summed E-state index contributed by atoms with van der Waals surface area (Å²) >= 11 is 0. The molecule has 1 atom stereocenters. The normalized spacial score (nSPS) is 13.5. The molecule has 52 heavy (non-hydrogen) atoms. The van der Waals surface area contributed by atoms with Crippen LogP contribution in [0.3, 0.4) is 0 Å². The molecule has 0 bridgehead atoms. The number of rotatable bonds is 34. The molecular weight excluding hydrogens is 675 g/mol. The van der Waals surface area contributed by atoms with Gasteiger partial charge in [0.2, 0.25) is 0 Å². The van der Waals surface area contributed by atoms with Crippen molar-refractivity contribution in [2.75, 3.05) is 13.2 Å². The first-order chi connectivity index (χ1) is 25.3. The highest BCUT2D eigenvalue weighted by atomic mass is 31.2. The molecule has 0 spiro atoms. The van der Waals surface area contributed by atoms with Crippen LogP contribution in [0.2, 0.25) is 0 Å². The van der Waals surface area contributed by atoms with Crippen LogP contribution in [0.5, 0.6) is 0 Å². The first-order valence-electron chi connectivity index (χ1n) is 19.5. The van der Waals surface area contributed by atoms with Crippen LogP contribution in [-0.2, 0) is 28.2 Å². The Kier molecular flexibility index (Phi) is 35.5. The average Bonchev–Trinajstić information content (AvgIpc) is 3.11. The summed E-state index contributed by atoms with van der Waals surface area (Å²) in [5.41, 5.74) is 0. The number of carbonyl (C=O) groups excluding carboxylic acids is 2. The maximum absolute atomic E-state index is 12.4. The van der Waals surface area contributed by atoms with Crippen LogP contribution in [0.25, 0.3) is 0 Å². The quantitative estimate of drug-likeness (QED) is 0.0289. The lowest BCUT2D eigenvalue weighted by molar-refractivity contribution is -0.161. The lowest BCUT2D eigenvalue weighted by atomic mass is 10.1. The summed E-state index contributed by atoms with van der Waals surface area (Å²) in [7, 11) is -4.78. The Morgan fingerprint density at radius 3 is 1.38 bits per heavy atom. The van der Waals surface area contributed by atoms with E-state index in [0.717, 1.165) is 83.5 Å².